The first-order chi connectivity index (χ1) is 11.8. The van der Waals surface area contributed by atoms with Crippen LogP contribution in [0.15, 0.2) is 53.4 Å². The summed E-state index contributed by atoms with van der Waals surface area (Å²) in [5.41, 5.74) is 1.26. The molecule has 0 fully saturated rings. The Morgan fingerprint density at radius 1 is 1.08 bits per heavy atom. The first-order valence-electron chi connectivity index (χ1n) is 7.90. The van der Waals surface area contributed by atoms with E-state index >= 15 is 0 Å². The second-order valence-corrected chi connectivity index (χ2v) is 7.58. The fourth-order valence-electron chi connectivity index (χ4n) is 2.20. The molecule has 0 unspecified atom stereocenters. The number of carbonyl (C=O) groups excluding carboxylic acids is 1. The predicted octanol–water partition coefficient (Wildman–Crippen LogP) is 2.31. The third-order valence-corrected chi connectivity index (χ3v) is 4.90. The molecule has 2 N–H and O–H groups in total. The zero-order valence-corrected chi connectivity index (χ0v) is 15.3. The molecular formula is C18H22N2O4S. The van der Waals surface area contributed by atoms with Gasteiger partial charge in [-0.05, 0) is 51.2 Å². The predicted molar refractivity (Wildman–Crippen MR) is 96.1 cm³/mol. The van der Waals surface area contributed by atoms with Gasteiger partial charge in [0.2, 0.25) is 10.0 Å². The van der Waals surface area contributed by atoms with Crippen molar-refractivity contribution in [2.24, 2.45) is 0 Å². The minimum atomic E-state index is -3.51. The molecule has 134 valence electrons. The van der Waals surface area contributed by atoms with Crippen molar-refractivity contribution in [3.05, 3.63) is 59.7 Å². The van der Waals surface area contributed by atoms with Crippen LogP contribution in [0.4, 0.5) is 0 Å². The quantitative estimate of drug-likeness (QED) is 0.792. The van der Waals surface area contributed by atoms with Gasteiger partial charge in [-0.3, -0.25) is 4.79 Å². The Kier molecular flexibility index (Phi) is 6.17. The molecule has 0 aromatic heterocycles. The lowest BCUT2D eigenvalue weighted by molar-refractivity contribution is 0.0950. The van der Waals surface area contributed by atoms with E-state index in [4.69, 9.17) is 4.74 Å². The lowest BCUT2D eigenvalue weighted by atomic mass is 10.1. The number of hydrogen-bond donors (Lipinski definition) is 2. The van der Waals surface area contributed by atoms with E-state index in [9.17, 15) is 13.2 Å². The summed E-state index contributed by atoms with van der Waals surface area (Å²) in [6, 6.07) is 13.3. The number of para-hydroxylation sites is 1. The average Bonchev–Trinajstić information content (AvgIpc) is 2.60. The number of sulfonamides is 1. The molecule has 25 heavy (non-hydrogen) atoms. The third-order valence-electron chi connectivity index (χ3n) is 3.47. The molecular weight excluding hydrogens is 340 g/mol. The maximum atomic E-state index is 12.3. The summed E-state index contributed by atoms with van der Waals surface area (Å²) < 4.78 is 31.3. The Balaban J connectivity index is 2.06. The Morgan fingerprint density at radius 2 is 1.72 bits per heavy atom. The van der Waals surface area contributed by atoms with Crippen molar-refractivity contribution < 1.29 is 17.9 Å². The van der Waals surface area contributed by atoms with Crippen molar-refractivity contribution in [3.8, 4) is 5.75 Å². The van der Waals surface area contributed by atoms with Gasteiger partial charge in [0, 0.05) is 17.7 Å². The van der Waals surface area contributed by atoms with Crippen LogP contribution >= 0.6 is 0 Å². The van der Waals surface area contributed by atoms with Crippen LogP contribution in [0.25, 0.3) is 0 Å². The van der Waals surface area contributed by atoms with E-state index in [1.807, 2.05) is 38.1 Å². The SMILES string of the molecule is CNS(=O)(=O)c1ccc(C(=O)NCc2ccccc2OC(C)C)cc1. The molecule has 0 aliphatic heterocycles. The van der Waals surface area contributed by atoms with Gasteiger partial charge in [0.05, 0.1) is 11.0 Å². The number of carbonyl (C=O) groups is 1. The molecule has 0 heterocycles. The fourth-order valence-corrected chi connectivity index (χ4v) is 2.93. The summed E-state index contributed by atoms with van der Waals surface area (Å²) >= 11 is 0. The molecule has 0 radical (unpaired) electrons. The van der Waals surface area contributed by atoms with Gasteiger partial charge in [0.15, 0.2) is 0 Å². The van der Waals surface area contributed by atoms with Crippen molar-refractivity contribution in [2.75, 3.05) is 7.05 Å². The topological polar surface area (TPSA) is 84.5 Å². The molecule has 2 aromatic rings. The fraction of sp³-hybridized carbons (Fsp3) is 0.278. The van der Waals surface area contributed by atoms with E-state index in [-0.39, 0.29) is 16.9 Å². The highest BCUT2D eigenvalue weighted by Gasteiger charge is 2.13. The Bertz CT molecular complexity index is 830. The smallest absolute Gasteiger partial charge is 0.251 e. The van der Waals surface area contributed by atoms with E-state index in [0.717, 1.165) is 11.3 Å². The molecule has 0 spiro atoms. The Morgan fingerprint density at radius 3 is 2.32 bits per heavy atom. The van der Waals surface area contributed by atoms with Crippen molar-refractivity contribution in [3.63, 3.8) is 0 Å². The van der Waals surface area contributed by atoms with Crippen molar-refractivity contribution in [2.45, 2.75) is 31.4 Å². The molecule has 0 saturated carbocycles. The number of amides is 1. The standard InChI is InChI=1S/C18H22N2O4S/c1-13(2)24-17-7-5-4-6-15(17)12-20-18(21)14-8-10-16(11-9-14)25(22,23)19-3/h4-11,13,19H,12H2,1-3H3,(H,20,21). The molecule has 0 atom stereocenters. The monoisotopic (exact) mass is 362 g/mol. The van der Waals surface area contributed by atoms with Crippen LogP contribution in [0, 0.1) is 0 Å². The van der Waals surface area contributed by atoms with Crippen molar-refractivity contribution in [1.29, 1.82) is 0 Å². The van der Waals surface area contributed by atoms with Gasteiger partial charge < -0.3 is 10.1 Å². The van der Waals surface area contributed by atoms with Crippen molar-refractivity contribution in [1.82, 2.24) is 10.0 Å². The number of ether oxygens (including phenoxy) is 1. The second-order valence-electron chi connectivity index (χ2n) is 5.69. The summed E-state index contributed by atoms with van der Waals surface area (Å²) in [4.78, 5) is 12.4. The van der Waals surface area contributed by atoms with E-state index < -0.39 is 10.0 Å². The third kappa shape index (κ3) is 5.04. The summed E-state index contributed by atoms with van der Waals surface area (Å²) in [6.45, 7) is 4.20. The molecule has 0 saturated heterocycles. The van der Waals surface area contributed by atoms with Crippen LogP contribution in [0.2, 0.25) is 0 Å². The first kappa shape index (κ1) is 19.0. The highest BCUT2D eigenvalue weighted by atomic mass is 32.2. The van der Waals surface area contributed by atoms with Crippen LogP contribution in [-0.2, 0) is 16.6 Å². The van der Waals surface area contributed by atoms with Crippen molar-refractivity contribution >= 4 is 15.9 Å². The second kappa shape index (κ2) is 8.13. The zero-order chi connectivity index (χ0) is 18.4. The summed E-state index contributed by atoms with van der Waals surface area (Å²) in [5.74, 6) is 0.445. The summed E-state index contributed by atoms with van der Waals surface area (Å²) in [5, 5.41) is 2.82. The van der Waals surface area contributed by atoms with Crippen LogP contribution < -0.4 is 14.8 Å². The van der Waals surface area contributed by atoms with Gasteiger partial charge in [0.1, 0.15) is 5.75 Å². The highest BCUT2D eigenvalue weighted by Crippen LogP contribution is 2.19. The van der Waals surface area contributed by atoms with Gasteiger partial charge in [-0.2, -0.15) is 0 Å². The van der Waals surface area contributed by atoms with Gasteiger partial charge in [0.25, 0.3) is 5.91 Å². The van der Waals surface area contributed by atoms with Gasteiger partial charge in [-0.15, -0.1) is 0 Å². The minimum absolute atomic E-state index is 0.0403. The van der Waals surface area contributed by atoms with E-state index in [1.165, 1.54) is 31.3 Å². The molecule has 6 nitrogen and oxygen atoms in total. The number of rotatable bonds is 7. The zero-order valence-electron chi connectivity index (χ0n) is 14.4. The Hall–Kier alpha value is -2.38. The van der Waals surface area contributed by atoms with Gasteiger partial charge in [-0.1, -0.05) is 18.2 Å². The molecule has 2 rings (SSSR count). The largest absolute Gasteiger partial charge is 0.491 e. The summed E-state index contributed by atoms with van der Waals surface area (Å²) in [6.07, 6.45) is 0.0403. The maximum absolute atomic E-state index is 12.3. The van der Waals surface area contributed by atoms with Gasteiger partial charge >= 0.3 is 0 Å². The first-order valence-corrected chi connectivity index (χ1v) is 9.38. The lowest BCUT2D eigenvalue weighted by Crippen LogP contribution is -2.24. The van der Waals surface area contributed by atoms with E-state index in [1.54, 1.807) is 0 Å². The number of benzene rings is 2. The molecule has 0 bridgehead atoms. The normalized spacial score (nSPS) is 11.4. The van der Waals surface area contributed by atoms with Crippen LogP contribution in [0.3, 0.4) is 0 Å². The number of hydrogen-bond acceptors (Lipinski definition) is 4. The highest BCUT2D eigenvalue weighted by molar-refractivity contribution is 7.89. The molecule has 0 aliphatic rings. The minimum Gasteiger partial charge on any atom is -0.491 e. The van der Waals surface area contributed by atoms with E-state index in [2.05, 4.69) is 10.0 Å². The maximum Gasteiger partial charge on any atom is 0.251 e. The average molecular weight is 362 g/mol. The van der Waals surface area contributed by atoms with Crippen LogP contribution in [-0.4, -0.2) is 27.5 Å². The molecule has 1 amide bonds. The number of nitrogens with one attached hydrogen (secondary N) is 2. The lowest BCUT2D eigenvalue weighted by Gasteiger charge is -2.14. The summed E-state index contributed by atoms with van der Waals surface area (Å²) in [7, 11) is -2.17. The van der Waals surface area contributed by atoms with Crippen LogP contribution in [0.1, 0.15) is 29.8 Å². The molecule has 7 heteroatoms. The Labute approximate surface area is 148 Å². The van der Waals surface area contributed by atoms with Gasteiger partial charge in [-0.25, -0.2) is 13.1 Å². The van der Waals surface area contributed by atoms with Crippen LogP contribution in [0.5, 0.6) is 5.75 Å². The molecule has 0 aliphatic carbocycles. The van der Waals surface area contributed by atoms with E-state index in [0.29, 0.717) is 12.1 Å². The molecule has 2 aromatic carbocycles.